The Morgan fingerprint density at radius 1 is 1.39 bits per heavy atom. The van der Waals surface area contributed by atoms with Crippen LogP contribution in [0.3, 0.4) is 0 Å². The number of hydrogen-bond donors (Lipinski definition) is 1. The van der Waals surface area contributed by atoms with Crippen LogP contribution in [0.4, 0.5) is 9.18 Å². The number of amides is 1. The molecule has 1 amide bonds. The largest absolute Gasteiger partial charge is 0.443 e. The van der Waals surface area contributed by atoms with E-state index in [4.69, 9.17) is 9.26 Å². The summed E-state index contributed by atoms with van der Waals surface area (Å²) in [7, 11) is 0. The third-order valence-electron chi connectivity index (χ3n) is 4.24. The molecule has 2 aromatic rings. The summed E-state index contributed by atoms with van der Waals surface area (Å²) in [4.78, 5) is 13.3. The van der Waals surface area contributed by atoms with Crippen LogP contribution in [0.25, 0.3) is 11.3 Å². The molecular formula is C16H16FN3O3. The quantitative estimate of drug-likeness (QED) is 0.937. The maximum Gasteiger partial charge on any atom is 0.407 e. The molecule has 23 heavy (non-hydrogen) atoms. The van der Waals surface area contributed by atoms with Crippen molar-refractivity contribution < 1.29 is 18.4 Å². The van der Waals surface area contributed by atoms with Crippen molar-refractivity contribution in [3.63, 3.8) is 0 Å². The highest BCUT2D eigenvalue weighted by molar-refractivity contribution is 5.69. The van der Waals surface area contributed by atoms with Gasteiger partial charge in [-0.05, 0) is 12.1 Å². The standard InChI is InChI=1S/C16H16FN3O3/c17-13-4-2-1-3-11(13)15-12-9-20(6-5-14(12)23-19-15)8-10-7-18-16(21)22-10/h1-4,10H,5-9H2,(H,18,21)/t10-/m0/s1. The summed E-state index contributed by atoms with van der Waals surface area (Å²) in [6, 6.07) is 6.55. The number of aromatic nitrogens is 1. The molecule has 120 valence electrons. The van der Waals surface area contributed by atoms with Crippen molar-refractivity contribution in [3.8, 4) is 11.3 Å². The molecule has 4 rings (SSSR count). The molecule has 1 fully saturated rings. The molecule has 6 nitrogen and oxygen atoms in total. The molecule has 0 bridgehead atoms. The summed E-state index contributed by atoms with van der Waals surface area (Å²) in [5.41, 5.74) is 1.93. The lowest BCUT2D eigenvalue weighted by atomic mass is 10.0. The summed E-state index contributed by atoms with van der Waals surface area (Å²) >= 11 is 0. The molecule has 1 saturated heterocycles. The van der Waals surface area contributed by atoms with Crippen molar-refractivity contribution in [2.75, 3.05) is 19.6 Å². The number of benzene rings is 1. The van der Waals surface area contributed by atoms with Crippen molar-refractivity contribution in [2.45, 2.75) is 19.1 Å². The topological polar surface area (TPSA) is 67.6 Å². The Labute approximate surface area is 132 Å². The average molecular weight is 317 g/mol. The van der Waals surface area contributed by atoms with E-state index in [0.717, 1.165) is 17.9 Å². The number of halogens is 1. The number of nitrogens with zero attached hydrogens (tertiary/aromatic N) is 2. The first kappa shape index (κ1) is 14.2. The summed E-state index contributed by atoms with van der Waals surface area (Å²) in [5, 5.41) is 6.72. The lowest BCUT2D eigenvalue weighted by Crippen LogP contribution is -2.37. The fourth-order valence-electron chi connectivity index (χ4n) is 3.11. The van der Waals surface area contributed by atoms with E-state index < -0.39 is 0 Å². The third-order valence-corrected chi connectivity index (χ3v) is 4.24. The van der Waals surface area contributed by atoms with E-state index in [2.05, 4.69) is 15.4 Å². The van der Waals surface area contributed by atoms with Crippen LogP contribution in [0.2, 0.25) is 0 Å². The van der Waals surface area contributed by atoms with Gasteiger partial charge in [-0.2, -0.15) is 0 Å². The number of alkyl carbamates (subject to hydrolysis) is 1. The predicted molar refractivity (Wildman–Crippen MR) is 79.1 cm³/mol. The third kappa shape index (κ3) is 2.68. The molecule has 0 spiro atoms. The van der Waals surface area contributed by atoms with Crippen LogP contribution in [0.15, 0.2) is 28.8 Å². The van der Waals surface area contributed by atoms with Gasteiger partial charge >= 0.3 is 6.09 Å². The number of hydrogen-bond acceptors (Lipinski definition) is 5. The maximum atomic E-state index is 14.0. The Balaban J connectivity index is 1.56. The molecular weight excluding hydrogens is 301 g/mol. The number of ether oxygens (including phenoxy) is 1. The second-order valence-corrected chi connectivity index (χ2v) is 5.81. The molecule has 3 heterocycles. The van der Waals surface area contributed by atoms with Gasteiger partial charge in [0, 0.05) is 37.2 Å². The van der Waals surface area contributed by atoms with Gasteiger partial charge in [-0.1, -0.05) is 17.3 Å². The normalized spacial score (nSPS) is 20.9. The van der Waals surface area contributed by atoms with Crippen LogP contribution in [0.5, 0.6) is 0 Å². The molecule has 0 saturated carbocycles. The summed E-state index contributed by atoms with van der Waals surface area (Å²) in [6.45, 7) is 2.57. The SMILES string of the molecule is O=C1NC[C@@H](CN2CCc3onc(-c4ccccc4F)c3C2)O1. The summed E-state index contributed by atoms with van der Waals surface area (Å²) < 4.78 is 24.6. The number of rotatable bonds is 3. The highest BCUT2D eigenvalue weighted by atomic mass is 19.1. The molecule has 0 aliphatic carbocycles. The van der Waals surface area contributed by atoms with Gasteiger partial charge in [-0.15, -0.1) is 0 Å². The Hall–Kier alpha value is -2.41. The molecule has 1 N–H and O–H groups in total. The first-order chi connectivity index (χ1) is 11.2. The van der Waals surface area contributed by atoms with E-state index in [-0.39, 0.29) is 18.0 Å². The van der Waals surface area contributed by atoms with Crippen molar-refractivity contribution >= 4 is 6.09 Å². The first-order valence-electron chi connectivity index (χ1n) is 7.60. The van der Waals surface area contributed by atoms with Gasteiger partial charge in [0.15, 0.2) is 0 Å². The van der Waals surface area contributed by atoms with Crippen LogP contribution in [-0.2, 0) is 17.7 Å². The number of carbonyl (C=O) groups is 1. The minimum atomic E-state index is -0.371. The molecule has 7 heteroatoms. The van der Waals surface area contributed by atoms with Crippen LogP contribution < -0.4 is 5.32 Å². The molecule has 1 aromatic heterocycles. The lowest BCUT2D eigenvalue weighted by molar-refractivity contribution is 0.102. The molecule has 2 aliphatic heterocycles. The van der Waals surface area contributed by atoms with Crippen molar-refractivity contribution in [1.29, 1.82) is 0 Å². The van der Waals surface area contributed by atoms with Crippen LogP contribution >= 0.6 is 0 Å². The fourth-order valence-corrected chi connectivity index (χ4v) is 3.11. The van der Waals surface area contributed by atoms with E-state index in [0.29, 0.717) is 37.3 Å². The van der Waals surface area contributed by atoms with Gasteiger partial charge in [0.05, 0.1) is 6.54 Å². The van der Waals surface area contributed by atoms with Crippen molar-refractivity contribution in [1.82, 2.24) is 15.4 Å². The zero-order valence-corrected chi connectivity index (χ0v) is 12.4. The Kier molecular flexibility index (Phi) is 3.49. The Morgan fingerprint density at radius 2 is 2.26 bits per heavy atom. The number of carbonyl (C=O) groups excluding carboxylic acids is 1. The van der Waals surface area contributed by atoms with E-state index >= 15 is 0 Å². The average Bonchev–Trinajstić information content (AvgIpc) is 3.14. The van der Waals surface area contributed by atoms with Crippen molar-refractivity contribution in [3.05, 3.63) is 41.4 Å². The van der Waals surface area contributed by atoms with Crippen molar-refractivity contribution in [2.24, 2.45) is 0 Å². The number of nitrogens with one attached hydrogen (secondary N) is 1. The smallest absolute Gasteiger partial charge is 0.407 e. The second kappa shape index (κ2) is 5.66. The minimum Gasteiger partial charge on any atom is -0.443 e. The molecule has 0 unspecified atom stereocenters. The highest BCUT2D eigenvalue weighted by Gasteiger charge is 2.30. The summed E-state index contributed by atoms with van der Waals surface area (Å²) in [5.74, 6) is 0.496. The first-order valence-corrected chi connectivity index (χ1v) is 7.60. The van der Waals surface area contributed by atoms with Gasteiger partial charge in [0.1, 0.15) is 23.4 Å². The number of fused-ring (bicyclic) bond motifs is 1. The van der Waals surface area contributed by atoms with Crippen LogP contribution in [0.1, 0.15) is 11.3 Å². The molecule has 1 aromatic carbocycles. The zero-order valence-electron chi connectivity index (χ0n) is 12.4. The van der Waals surface area contributed by atoms with Gasteiger partial charge in [-0.3, -0.25) is 4.90 Å². The molecule has 1 atom stereocenters. The van der Waals surface area contributed by atoms with Gasteiger partial charge in [0.2, 0.25) is 0 Å². The van der Waals surface area contributed by atoms with E-state index in [1.807, 2.05) is 0 Å². The second-order valence-electron chi connectivity index (χ2n) is 5.81. The predicted octanol–water partition coefficient (Wildman–Crippen LogP) is 1.95. The minimum absolute atomic E-state index is 0.152. The van der Waals surface area contributed by atoms with Crippen LogP contribution in [-0.4, -0.2) is 41.9 Å². The molecule has 2 aliphatic rings. The Morgan fingerprint density at radius 3 is 3.04 bits per heavy atom. The Bertz CT molecular complexity index is 746. The van der Waals surface area contributed by atoms with Gasteiger partial charge in [0.25, 0.3) is 0 Å². The fraction of sp³-hybridized carbons (Fsp3) is 0.375. The van der Waals surface area contributed by atoms with Gasteiger partial charge < -0.3 is 14.6 Å². The maximum absolute atomic E-state index is 14.0. The summed E-state index contributed by atoms with van der Waals surface area (Å²) in [6.07, 6.45) is 0.191. The van der Waals surface area contributed by atoms with E-state index in [9.17, 15) is 9.18 Å². The van der Waals surface area contributed by atoms with E-state index in [1.165, 1.54) is 6.07 Å². The van der Waals surface area contributed by atoms with Crippen LogP contribution in [0, 0.1) is 5.82 Å². The monoisotopic (exact) mass is 317 g/mol. The molecule has 0 radical (unpaired) electrons. The zero-order chi connectivity index (χ0) is 15.8. The lowest BCUT2D eigenvalue weighted by Gasteiger charge is -2.27. The van der Waals surface area contributed by atoms with Gasteiger partial charge in [-0.25, -0.2) is 9.18 Å². The highest BCUT2D eigenvalue weighted by Crippen LogP contribution is 2.31. The van der Waals surface area contributed by atoms with E-state index in [1.54, 1.807) is 18.2 Å². The number of cyclic esters (lactones) is 1.